The summed E-state index contributed by atoms with van der Waals surface area (Å²) in [5, 5.41) is 3.77. The summed E-state index contributed by atoms with van der Waals surface area (Å²) in [7, 11) is 0. The van der Waals surface area contributed by atoms with Crippen LogP contribution in [0.2, 0.25) is 0 Å². The molecule has 2 heterocycles. The fourth-order valence-corrected chi connectivity index (χ4v) is 4.97. The first-order valence-corrected chi connectivity index (χ1v) is 9.12. The summed E-state index contributed by atoms with van der Waals surface area (Å²) in [6, 6.07) is 1.46. The lowest BCUT2D eigenvalue weighted by Crippen LogP contribution is -2.58. The molecular formula is C16H32N2S. The van der Waals surface area contributed by atoms with Crippen molar-refractivity contribution in [1.82, 2.24) is 10.2 Å². The second kappa shape index (κ2) is 6.82. The maximum atomic E-state index is 3.77. The molecule has 2 nitrogen and oxygen atoms in total. The molecule has 0 saturated carbocycles. The number of piperazine rings is 1. The molecule has 3 unspecified atom stereocenters. The van der Waals surface area contributed by atoms with Crippen molar-refractivity contribution in [1.29, 1.82) is 0 Å². The van der Waals surface area contributed by atoms with Gasteiger partial charge < -0.3 is 5.32 Å². The van der Waals surface area contributed by atoms with Crippen LogP contribution < -0.4 is 5.32 Å². The second-order valence-electron chi connectivity index (χ2n) is 7.13. The summed E-state index contributed by atoms with van der Waals surface area (Å²) >= 11 is 2.20. The average molecular weight is 285 g/mol. The van der Waals surface area contributed by atoms with Crippen LogP contribution in [0.3, 0.4) is 0 Å². The Labute approximate surface area is 124 Å². The summed E-state index contributed by atoms with van der Waals surface area (Å²) in [6.07, 6.45) is 5.42. The Morgan fingerprint density at radius 2 is 2.21 bits per heavy atom. The van der Waals surface area contributed by atoms with Gasteiger partial charge in [-0.3, -0.25) is 4.90 Å². The SMILES string of the molecule is CCC1CNC(CC(C)C)CN1CC1(C)CCCS1. The third-order valence-electron chi connectivity index (χ3n) is 4.68. The molecule has 0 aliphatic carbocycles. The standard InChI is InChI=1S/C16H32N2S/c1-5-15-10-17-14(9-13(2)3)11-18(15)12-16(4)7-6-8-19-16/h13-15,17H,5-12H2,1-4H3. The van der Waals surface area contributed by atoms with Crippen LogP contribution in [0, 0.1) is 5.92 Å². The van der Waals surface area contributed by atoms with Crippen molar-refractivity contribution in [3.8, 4) is 0 Å². The fraction of sp³-hybridized carbons (Fsp3) is 1.00. The molecule has 0 amide bonds. The van der Waals surface area contributed by atoms with Gasteiger partial charge in [0.25, 0.3) is 0 Å². The van der Waals surface area contributed by atoms with Gasteiger partial charge in [0.1, 0.15) is 0 Å². The van der Waals surface area contributed by atoms with Crippen LogP contribution in [0.25, 0.3) is 0 Å². The minimum atomic E-state index is 0.521. The molecule has 3 heteroatoms. The highest BCUT2D eigenvalue weighted by Crippen LogP contribution is 2.39. The molecule has 2 aliphatic heterocycles. The van der Waals surface area contributed by atoms with Gasteiger partial charge in [-0.2, -0.15) is 11.8 Å². The van der Waals surface area contributed by atoms with E-state index in [0.29, 0.717) is 10.8 Å². The molecule has 1 N–H and O–H groups in total. The topological polar surface area (TPSA) is 15.3 Å². The largest absolute Gasteiger partial charge is 0.311 e. The third-order valence-corrected chi connectivity index (χ3v) is 6.20. The highest BCUT2D eigenvalue weighted by Gasteiger charge is 2.35. The van der Waals surface area contributed by atoms with Crippen LogP contribution in [0.1, 0.15) is 53.4 Å². The Morgan fingerprint density at radius 1 is 1.42 bits per heavy atom. The highest BCUT2D eigenvalue weighted by atomic mass is 32.2. The number of rotatable bonds is 5. The van der Waals surface area contributed by atoms with Crippen LogP contribution in [0.5, 0.6) is 0 Å². The van der Waals surface area contributed by atoms with Crippen molar-refractivity contribution < 1.29 is 0 Å². The van der Waals surface area contributed by atoms with Crippen molar-refractivity contribution in [3.63, 3.8) is 0 Å². The molecule has 0 aromatic rings. The molecule has 2 saturated heterocycles. The van der Waals surface area contributed by atoms with Crippen molar-refractivity contribution >= 4 is 11.8 Å². The number of hydrogen-bond acceptors (Lipinski definition) is 3. The van der Waals surface area contributed by atoms with E-state index < -0.39 is 0 Å². The molecule has 19 heavy (non-hydrogen) atoms. The smallest absolute Gasteiger partial charge is 0.0259 e. The van der Waals surface area contributed by atoms with Gasteiger partial charge in [0.2, 0.25) is 0 Å². The van der Waals surface area contributed by atoms with Crippen LogP contribution in [0.15, 0.2) is 0 Å². The van der Waals surface area contributed by atoms with E-state index in [1.165, 1.54) is 51.1 Å². The average Bonchev–Trinajstić information content (AvgIpc) is 2.75. The molecule has 0 radical (unpaired) electrons. The van der Waals surface area contributed by atoms with Crippen LogP contribution in [-0.2, 0) is 0 Å². The lowest BCUT2D eigenvalue weighted by molar-refractivity contribution is 0.108. The zero-order chi connectivity index (χ0) is 13.9. The van der Waals surface area contributed by atoms with Gasteiger partial charge in [0.05, 0.1) is 0 Å². The molecule has 0 aromatic carbocycles. The minimum Gasteiger partial charge on any atom is -0.311 e. The van der Waals surface area contributed by atoms with Crippen molar-refractivity contribution in [2.75, 3.05) is 25.4 Å². The van der Waals surface area contributed by atoms with Crippen LogP contribution in [-0.4, -0.2) is 47.1 Å². The van der Waals surface area contributed by atoms with Crippen LogP contribution in [0.4, 0.5) is 0 Å². The number of nitrogens with zero attached hydrogens (tertiary/aromatic N) is 1. The van der Waals surface area contributed by atoms with Crippen molar-refractivity contribution in [3.05, 3.63) is 0 Å². The third kappa shape index (κ3) is 4.37. The molecule has 0 aromatic heterocycles. The van der Waals surface area contributed by atoms with E-state index in [2.05, 4.69) is 49.7 Å². The molecule has 3 atom stereocenters. The van der Waals surface area contributed by atoms with E-state index >= 15 is 0 Å². The molecule has 2 rings (SSSR count). The molecule has 0 spiro atoms. The summed E-state index contributed by atoms with van der Waals surface area (Å²) in [5.74, 6) is 2.17. The monoisotopic (exact) mass is 284 g/mol. The van der Waals surface area contributed by atoms with Gasteiger partial charge in [-0.15, -0.1) is 0 Å². The Bertz CT molecular complexity index is 274. The predicted octanol–water partition coefficient (Wildman–Crippen LogP) is 3.37. The van der Waals surface area contributed by atoms with Crippen molar-refractivity contribution in [2.45, 2.75) is 70.2 Å². The molecule has 0 bridgehead atoms. The number of thioether (sulfide) groups is 1. The van der Waals surface area contributed by atoms with Gasteiger partial charge in [-0.1, -0.05) is 20.8 Å². The Balaban J connectivity index is 1.93. The predicted molar refractivity (Wildman–Crippen MR) is 87.0 cm³/mol. The summed E-state index contributed by atoms with van der Waals surface area (Å²) in [6.45, 7) is 13.2. The van der Waals surface area contributed by atoms with Gasteiger partial charge in [-0.25, -0.2) is 0 Å². The number of hydrogen-bond donors (Lipinski definition) is 1. The maximum Gasteiger partial charge on any atom is 0.0259 e. The van der Waals surface area contributed by atoms with E-state index in [9.17, 15) is 0 Å². The minimum absolute atomic E-state index is 0.521. The second-order valence-corrected chi connectivity index (χ2v) is 8.81. The van der Waals surface area contributed by atoms with E-state index in [1.807, 2.05) is 0 Å². The van der Waals surface area contributed by atoms with E-state index in [1.54, 1.807) is 0 Å². The van der Waals surface area contributed by atoms with Crippen molar-refractivity contribution in [2.24, 2.45) is 5.92 Å². The lowest BCUT2D eigenvalue weighted by Gasteiger charge is -2.44. The van der Waals surface area contributed by atoms with Gasteiger partial charge in [-0.05, 0) is 44.3 Å². The molecule has 2 fully saturated rings. The molecular weight excluding hydrogens is 252 g/mol. The van der Waals surface area contributed by atoms with E-state index in [0.717, 1.165) is 12.0 Å². The zero-order valence-electron chi connectivity index (χ0n) is 13.2. The Hall–Kier alpha value is 0.270. The molecule has 2 aliphatic rings. The zero-order valence-corrected chi connectivity index (χ0v) is 14.1. The Kier molecular flexibility index (Phi) is 5.62. The van der Waals surface area contributed by atoms with E-state index in [4.69, 9.17) is 0 Å². The fourth-order valence-electron chi connectivity index (χ4n) is 3.64. The lowest BCUT2D eigenvalue weighted by atomic mass is 9.96. The van der Waals surface area contributed by atoms with Gasteiger partial charge in [0.15, 0.2) is 0 Å². The van der Waals surface area contributed by atoms with Crippen LogP contribution >= 0.6 is 11.8 Å². The first-order valence-electron chi connectivity index (χ1n) is 8.14. The first kappa shape index (κ1) is 15.7. The van der Waals surface area contributed by atoms with Gasteiger partial charge in [0, 0.05) is 36.5 Å². The summed E-state index contributed by atoms with van der Waals surface area (Å²) in [5.41, 5.74) is 0. The maximum absolute atomic E-state index is 3.77. The Morgan fingerprint density at radius 3 is 2.79 bits per heavy atom. The first-order chi connectivity index (χ1) is 9.02. The van der Waals surface area contributed by atoms with E-state index in [-0.39, 0.29) is 0 Å². The molecule has 112 valence electrons. The van der Waals surface area contributed by atoms with Gasteiger partial charge >= 0.3 is 0 Å². The normalized spacial score (nSPS) is 37.1. The number of nitrogens with one attached hydrogen (secondary N) is 1. The summed E-state index contributed by atoms with van der Waals surface area (Å²) in [4.78, 5) is 2.79. The quantitative estimate of drug-likeness (QED) is 0.833. The highest BCUT2D eigenvalue weighted by molar-refractivity contribution is 8.00. The summed E-state index contributed by atoms with van der Waals surface area (Å²) < 4.78 is 0.521.